The van der Waals surface area contributed by atoms with E-state index in [0.29, 0.717) is 17.9 Å². The van der Waals surface area contributed by atoms with Gasteiger partial charge in [-0.3, -0.25) is 4.79 Å². The van der Waals surface area contributed by atoms with E-state index in [2.05, 4.69) is 0 Å². The van der Waals surface area contributed by atoms with Gasteiger partial charge in [0.25, 0.3) is 0 Å². The highest BCUT2D eigenvalue weighted by molar-refractivity contribution is 5.72. The Hall–Kier alpha value is -1.51. The van der Waals surface area contributed by atoms with Crippen LogP contribution in [0.3, 0.4) is 0 Å². The zero-order chi connectivity index (χ0) is 10.6. The monoisotopic (exact) mass is 194 g/mol. The molecule has 76 valence electrons. The molecule has 0 unspecified atom stereocenters. The Bertz CT molecular complexity index is 331. The maximum Gasteiger partial charge on any atom is 0.311 e. The van der Waals surface area contributed by atoms with Gasteiger partial charge in [-0.15, -0.1) is 0 Å². The molecule has 0 bridgehead atoms. The molecule has 3 heteroatoms. The molecular weight excluding hydrogens is 180 g/mol. The first-order valence-corrected chi connectivity index (χ1v) is 4.52. The zero-order valence-electron chi connectivity index (χ0n) is 8.66. The van der Waals surface area contributed by atoms with Crippen LogP contribution in [0.4, 0.5) is 0 Å². The van der Waals surface area contributed by atoms with E-state index >= 15 is 0 Å². The highest BCUT2D eigenvalue weighted by atomic mass is 16.6. The van der Waals surface area contributed by atoms with Crippen molar-refractivity contribution in [2.45, 2.75) is 20.3 Å². The highest BCUT2D eigenvalue weighted by Gasteiger charge is 2.07. The number of hydrogen-bond donors (Lipinski definition) is 0. The lowest BCUT2D eigenvalue weighted by Gasteiger charge is -2.08. The standard InChI is InChI=1S/C11H14O3/c1-4-11(12)14-9-6-5-8(2)7-10(9)13-3/h5-7H,4H2,1-3H3. The van der Waals surface area contributed by atoms with Crippen LogP contribution >= 0.6 is 0 Å². The lowest BCUT2D eigenvalue weighted by Crippen LogP contribution is -2.06. The van der Waals surface area contributed by atoms with Gasteiger partial charge in [0, 0.05) is 6.42 Å². The summed E-state index contributed by atoms with van der Waals surface area (Å²) >= 11 is 0. The molecule has 14 heavy (non-hydrogen) atoms. The quantitative estimate of drug-likeness (QED) is 0.547. The summed E-state index contributed by atoms with van der Waals surface area (Å²) in [6, 6.07) is 5.45. The van der Waals surface area contributed by atoms with Crippen LogP contribution < -0.4 is 9.47 Å². The summed E-state index contributed by atoms with van der Waals surface area (Å²) in [6.07, 6.45) is 0.358. The van der Waals surface area contributed by atoms with Gasteiger partial charge in [-0.25, -0.2) is 0 Å². The molecule has 0 radical (unpaired) electrons. The minimum absolute atomic E-state index is 0.257. The van der Waals surface area contributed by atoms with Crippen molar-refractivity contribution in [3.8, 4) is 11.5 Å². The van der Waals surface area contributed by atoms with E-state index in [9.17, 15) is 4.79 Å². The largest absolute Gasteiger partial charge is 0.493 e. The molecule has 0 saturated heterocycles. The number of benzene rings is 1. The predicted molar refractivity (Wildman–Crippen MR) is 53.7 cm³/mol. The number of carbonyl (C=O) groups excluding carboxylic acids is 1. The summed E-state index contributed by atoms with van der Waals surface area (Å²) < 4.78 is 10.2. The van der Waals surface area contributed by atoms with Gasteiger partial charge < -0.3 is 9.47 Å². The fraction of sp³-hybridized carbons (Fsp3) is 0.364. The van der Waals surface area contributed by atoms with E-state index < -0.39 is 0 Å². The van der Waals surface area contributed by atoms with Crippen molar-refractivity contribution in [2.24, 2.45) is 0 Å². The first-order chi connectivity index (χ1) is 6.67. The third-order valence-corrected chi connectivity index (χ3v) is 1.83. The first kappa shape index (κ1) is 10.6. The van der Waals surface area contributed by atoms with E-state index in [1.54, 1.807) is 20.1 Å². The Labute approximate surface area is 83.6 Å². The van der Waals surface area contributed by atoms with Gasteiger partial charge >= 0.3 is 5.97 Å². The lowest BCUT2D eigenvalue weighted by molar-refractivity contribution is -0.134. The molecule has 0 atom stereocenters. The van der Waals surface area contributed by atoms with Crippen LogP contribution in [0.1, 0.15) is 18.9 Å². The summed E-state index contributed by atoms with van der Waals surface area (Å²) in [4.78, 5) is 11.1. The molecule has 1 aromatic carbocycles. The van der Waals surface area contributed by atoms with Crippen molar-refractivity contribution in [1.29, 1.82) is 0 Å². The van der Waals surface area contributed by atoms with E-state index in [0.717, 1.165) is 5.56 Å². The fourth-order valence-corrected chi connectivity index (χ4v) is 1.05. The Morgan fingerprint density at radius 1 is 1.36 bits per heavy atom. The molecule has 0 heterocycles. The number of rotatable bonds is 3. The minimum atomic E-state index is -0.257. The summed E-state index contributed by atoms with van der Waals surface area (Å²) in [5.74, 6) is 0.809. The summed E-state index contributed by atoms with van der Waals surface area (Å²) in [7, 11) is 1.55. The van der Waals surface area contributed by atoms with Crippen molar-refractivity contribution in [3.05, 3.63) is 23.8 Å². The minimum Gasteiger partial charge on any atom is -0.493 e. The molecule has 0 aromatic heterocycles. The Morgan fingerprint density at radius 3 is 2.64 bits per heavy atom. The number of ether oxygens (including phenoxy) is 2. The number of hydrogen-bond acceptors (Lipinski definition) is 3. The smallest absolute Gasteiger partial charge is 0.311 e. The Morgan fingerprint density at radius 2 is 2.07 bits per heavy atom. The average molecular weight is 194 g/mol. The van der Waals surface area contributed by atoms with E-state index in [1.165, 1.54) is 0 Å². The molecule has 0 amide bonds. The van der Waals surface area contributed by atoms with Crippen LogP contribution in [0.15, 0.2) is 18.2 Å². The van der Waals surface area contributed by atoms with E-state index in [-0.39, 0.29) is 5.97 Å². The second-order valence-corrected chi connectivity index (χ2v) is 2.98. The van der Waals surface area contributed by atoms with E-state index in [1.807, 2.05) is 19.1 Å². The normalized spacial score (nSPS) is 9.64. The summed E-state index contributed by atoms with van der Waals surface area (Å²) in [5, 5.41) is 0. The molecule has 0 aliphatic carbocycles. The van der Waals surface area contributed by atoms with Crippen LogP contribution in [0.5, 0.6) is 11.5 Å². The first-order valence-electron chi connectivity index (χ1n) is 4.52. The molecule has 0 spiro atoms. The molecule has 0 fully saturated rings. The SMILES string of the molecule is CCC(=O)Oc1ccc(C)cc1OC. The Kier molecular flexibility index (Phi) is 3.51. The molecule has 0 aliphatic heterocycles. The van der Waals surface area contributed by atoms with Crippen LogP contribution in [0.2, 0.25) is 0 Å². The number of methoxy groups -OCH3 is 1. The molecule has 0 saturated carbocycles. The highest BCUT2D eigenvalue weighted by Crippen LogP contribution is 2.27. The molecule has 0 N–H and O–H groups in total. The lowest BCUT2D eigenvalue weighted by atomic mass is 10.2. The number of carbonyl (C=O) groups is 1. The second-order valence-electron chi connectivity index (χ2n) is 2.98. The maximum atomic E-state index is 11.1. The van der Waals surface area contributed by atoms with Gasteiger partial charge in [-0.05, 0) is 24.6 Å². The van der Waals surface area contributed by atoms with Crippen LogP contribution in [-0.2, 0) is 4.79 Å². The summed E-state index contributed by atoms with van der Waals surface area (Å²) in [5.41, 5.74) is 1.07. The van der Waals surface area contributed by atoms with Crippen molar-refractivity contribution >= 4 is 5.97 Å². The van der Waals surface area contributed by atoms with Gasteiger partial charge in [0.15, 0.2) is 11.5 Å². The van der Waals surface area contributed by atoms with Crippen molar-refractivity contribution < 1.29 is 14.3 Å². The van der Waals surface area contributed by atoms with Crippen LogP contribution in [0.25, 0.3) is 0 Å². The fourth-order valence-electron chi connectivity index (χ4n) is 1.05. The maximum absolute atomic E-state index is 11.1. The molecule has 1 aromatic rings. The molecule has 0 aliphatic rings. The van der Waals surface area contributed by atoms with Gasteiger partial charge in [0.1, 0.15) is 0 Å². The average Bonchev–Trinajstić information content (AvgIpc) is 2.20. The van der Waals surface area contributed by atoms with Crippen LogP contribution in [-0.4, -0.2) is 13.1 Å². The van der Waals surface area contributed by atoms with Crippen molar-refractivity contribution in [3.63, 3.8) is 0 Å². The van der Waals surface area contributed by atoms with Crippen molar-refractivity contribution in [2.75, 3.05) is 7.11 Å². The van der Waals surface area contributed by atoms with E-state index in [4.69, 9.17) is 9.47 Å². The second kappa shape index (κ2) is 4.65. The molecular formula is C11H14O3. The van der Waals surface area contributed by atoms with Gasteiger partial charge in [-0.1, -0.05) is 13.0 Å². The van der Waals surface area contributed by atoms with Gasteiger partial charge in [-0.2, -0.15) is 0 Å². The van der Waals surface area contributed by atoms with Gasteiger partial charge in [0.05, 0.1) is 7.11 Å². The topological polar surface area (TPSA) is 35.5 Å². The predicted octanol–water partition coefficient (Wildman–Crippen LogP) is 2.32. The third-order valence-electron chi connectivity index (χ3n) is 1.83. The summed E-state index contributed by atoms with van der Waals surface area (Å²) in [6.45, 7) is 3.71. The molecule has 1 rings (SSSR count). The third kappa shape index (κ3) is 2.49. The number of aryl methyl sites for hydroxylation is 1. The number of esters is 1. The van der Waals surface area contributed by atoms with Gasteiger partial charge in [0.2, 0.25) is 0 Å². The molecule has 3 nitrogen and oxygen atoms in total. The zero-order valence-corrected chi connectivity index (χ0v) is 8.66. The van der Waals surface area contributed by atoms with Crippen LogP contribution in [0, 0.1) is 6.92 Å². The van der Waals surface area contributed by atoms with Crippen molar-refractivity contribution in [1.82, 2.24) is 0 Å². The Balaban J connectivity index is 2.90.